The molecular weight excluding hydrogens is 226 g/mol. The molecule has 0 bridgehead atoms. The fourth-order valence-corrected chi connectivity index (χ4v) is 3.14. The molecule has 0 saturated heterocycles. The van der Waals surface area contributed by atoms with E-state index in [9.17, 15) is 8.42 Å². The van der Waals surface area contributed by atoms with E-state index in [0.717, 1.165) is 12.8 Å². The number of aromatic nitrogens is 1. The summed E-state index contributed by atoms with van der Waals surface area (Å²) in [6.07, 6.45) is 3.38. The van der Waals surface area contributed by atoms with E-state index in [0.29, 0.717) is 5.92 Å². The van der Waals surface area contributed by atoms with Crippen LogP contribution in [0.2, 0.25) is 0 Å². The predicted molar refractivity (Wildman–Crippen MR) is 61.2 cm³/mol. The minimum absolute atomic E-state index is 0.0451. The average Bonchev–Trinajstić information content (AvgIpc) is 2.96. The van der Waals surface area contributed by atoms with Gasteiger partial charge in [-0.05, 0) is 24.5 Å². The Morgan fingerprint density at radius 2 is 2.38 bits per heavy atom. The number of nitrogens with zero attached hydrogens (tertiary/aromatic N) is 1. The molecule has 1 heterocycles. The maximum atomic E-state index is 11.9. The first-order chi connectivity index (χ1) is 7.54. The van der Waals surface area contributed by atoms with Crippen LogP contribution in [0.4, 0.5) is 5.82 Å². The van der Waals surface area contributed by atoms with Crippen molar-refractivity contribution < 1.29 is 8.42 Å². The number of hydrogen-bond acceptors (Lipinski definition) is 4. The van der Waals surface area contributed by atoms with Crippen molar-refractivity contribution in [1.29, 1.82) is 0 Å². The minimum atomic E-state index is -3.51. The van der Waals surface area contributed by atoms with Crippen LogP contribution >= 0.6 is 0 Å². The zero-order chi connectivity index (χ0) is 11.8. The molecular formula is C10H15N3O2S. The summed E-state index contributed by atoms with van der Waals surface area (Å²) in [4.78, 5) is 3.84. The van der Waals surface area contributed by atoms with Gasteiger partial charge in [-0.2, -0.15) is 0 Å². The van der Waals surface area contributed by atoms with Gasteiger partial charge >= 0.3 is 0 Å². The Balaban J connectivity index is 2.17. The lowest BCUT2D eigenvalue weighted by atomic mass is 10.3. The Morgan fingerprint density at radius 1 is 1.62 bits per heavy atom. The highest BCUT2D eigenvalue weighted by molar-refractivity contribution is 7.89. The van der Waals surface area contributed by atoms with Gasteiger partial charge in [0.15, 0.2) is 0 Å². The van der Waals surface area contributed by atoms with Crippen molar-refractivity contribution in [3.63, 3.8) is 0 Å². The second-order valence-electron chi connectivity index (χ2n) is 4.02. The summed E-state index contributed by atoms with van der Waals surface area (Å²) < 4.78 is 26.5. The number of nitrogen functional groups attached to an aromatic ring is 1. The molecule has 2 unspecified atom stereocenters. The molecule has 1 aromatic rings. The number of hydrogen-bond donors (Lipinski definition) is 2. The Hall–Kier alpha value is -1.14. The third-order valence-corrected chi connectivity index (χ3v) is 4.38. The Morgan fingerprint density at radius 3 is 2.94 bits per heavy atom. The third-order valence-electron chi connectivity index (χ3n) is 2.84. The smallest absolute Gasteiger partial charge is 0.244 e. The fraction of sp³-hybridized carbons (Fsp3) is 0.500. The molecule has 1 saturated carbocycles. The zero-order valence-electron chi connectivity index (χ0n) is 9.05. The summed E-state index contributed by atoms with van der Waals surface area (Å²) in [5.74, 6) is 0.511. The van der Waals surface area contributed by atoms with Gasteiger partial charge in [-0.15, -0.1) is 0 Å². The quantitative estimate of drug-likeness (QED) is 0.814. The van der Waals surface area contributed by atoms with Gasteiger partial charge < -0.3 is 5.73 Å². The van der Waals surface area contributed by atoms with Crippen molar-refractivity contribution in [1.82, 2.24) is 9.71 Å². The van der Waals surface area contributed by atoms with E-state index >= 15 is 0 Å². The van der Waals surface area contributed by atoms with E-state index in [1.165, 1.54) is 12.3 Å². The Kier molecular flexibility index (Phi) is 2.86. The van der Waals surface area contributed by atoms with Gasteiger partial charge in [-0.25, -0.2) is 18.1 Å². The largest absolute Gasteiger partial charge is 0.383 e. The van der Waals surface area contributed by atoms with Crippen LogP contribution in [-0.4, -0.2) is 19.4 Å². The summed E-state index contributed by atoms with van der Waals surface area (Å²) in [6.45, 7) is 2.05. The number of nitrogens with two attached hydrogens (primary N) is 1. The summed E-state index contributed by atoms with van der Waals surface area (Å²) in [5, 5.41) is 0. The van der Waals surface area contributed by atoms with Gasteiger partial charge in [-0.1, -0.05) is 13.3 Å². The lowest BCUT2D eigenvalue weighted by Gasteiger charge is -2.07. The molecule has 6 heteroatoms. The van der Waals surface area contributed by atoms with Gasteiger partial charge in [0.25, 0.3) is 0 Å². The molecule has 88 valence electrons. The number of rotatable bonds is 4. The van der Waals surface area contributed by atoms with Crippen LogP contribution in [0.15, 0.2) is 23.2 Å². The van der Waals surface area contributed by atoms with Crippen LogP contribution in [0.1, 0.15) is 19.8 Å². The fourth-order valence-electron chi connectivity index (χ4n) is 1.74. The van der Waals surface area contributed by atoms with Crippen LogP contribution in [0.3, 0.4) is 0 Å². The van der Waals surface area contributed by atoms with Crippen LogP contribution in [0.5, 0.6) is 0 Å². The number of nitrogens with one attached hydrogen (secondary N) is 1. The van der Waals surface area contributed by atoms with Crippen molar-refractivity contribution in [2.45, 2.75) is 30.7 Å². The SMILES string of the molecule is CCC1CC1NS(=O)(=O)c1cccnc1N. The average molecular weight is 241 g/mol. The maximum Gasteiger partial charge on any atom is 0.244 e. The van der Waals surface area contributed by atoms with Crippen molar-refractivity contribution in [3.8, 4) is 0 Å². The summed E-state index contributed by atoms with van der Waals surface area (Å²) in [7, 11) is -3.51. The monoisotopic (exact) mass is 241 g/mol. The second-order valence-corrected chi connectivity index (χ2v) is 5.70. The maximum absolute atomic E-state index is 11.9. The zero-order valence-corrected chi connectivity index (χ0v) is 9.87. The Bertz CT molecular complexity index is 487. The number of anilines is 1. The highest BCUT2D eigenvalue weighted by Gasteiger charge is 2.39. The van der Waals surface area contributed by atoms with Crippen molar-refractivity contribution in [2.75, 3.05) is 5.73 Å². The van der Waals surface area contributed by atoms with Gasteiger partial charge in [0, 0.05) is 12.2 Å². The number of pyridine rings is 1. The van der Waals surface area contributed by atoms with Crippen molar-refractivity contribution in [2.24, 2.45) is 5.92 Å². The van der Waals surface area contributed by atoms with Crippen LogP contribution < -0.4 is 10.5 Å². The van der Waals surface area contributed by atoms with Gasteiger partial charge in [-0.3, -0.25) is 0 Å². The summed E-state index contributed by atoms with van der Waals surface area (Å²) >= 11 is 0. The molecule has 0 radical (unpaired) electrons. The summed E-state index contributed by atoms with van der Waals surface area (Å²) in [5.41, 5.74) is 5.54. The van der Waals surface area contributed by atoms with E-state index in [4.69, 9.17) is 5.73 Å². The molecule has 16 heavy (non-hydrogen) atoms. The number of sulfonamides is 1. The molecule has 0 amide bonds. The standard InChI is InChI=1S/C10H15N3O2S/c1-2-7-6-8(7)13-16(14,15)9-4-3-5-12-10(9)11/h3-5,7-8,13H,2,6H2,1H3,(H2,11,12). The third kappa shape index (κ3) is 2.17. The van der Waals surface area contributed by atoms with E-state index in [2.05, 4.69) is 16.6 Å². The topological polar surface area (TPSA) is 85.1 Å². The van der Waals surface area contributed by atoms with Crippen LogP contribution in [0, 0.1) is 5.92 Å². The first kappa shape index (κ1) is 11.3. The van der Waals surface area contributed by atoms with E-state index in [1.54, 1.807) is 6.07 Å². The predicted octanol–water partition coefficient (Wildman–Crippen LogP) is 0.741. The van der Waals surface area contributed by atoms with Gasteiger partial charge in [0.2, 0.25) is 10.0 Å². The molecule has 2 atom stereocenters. The molecule has 0 spiro atoms. The Labute approximate surface area is 95.1 Å². The van der Waals surface area contributed by atoms with Crippen LogP contribution in [-0.2, 0) is 10.0 Å². The van der Waals surface area contributed by atoms with Crippen molar-refractivity contribution >= 4 is 15.8 Å². The molecule has 0 aliphatic heterocycles. The molecule has 5 nitrogen and oxygen atoms in total. The van der Waals surface area contributed by atoms with Crippen molar-refractivity contribution in [3.05, 3.63) is 18.3 Å². The van der Waals surface area contributed by atoms with Crippen LogP contribution in [0.25, 0.3) is 0 Å². The first-order valence-corrected chi connectivity index (χ1v) is 6.75. The molecule has 1 aliphatic carbocycles. The van der Waals surface area contributed by atoms with E-state index < -0.39 is 10.0 Å². The minimum Gasteiger partial charge on any atom is -0.383 e. The molecule has 0 aromatic carbocycles. The second kappa shape index (κ2) is 4.03. The normalized spacial score (nSPS) is 24.3. The molecule has 1 fully saturated rings. The molecule has 1 aromatic heterocycles. The molecule has 3 N–H and O–H groups in total. The highest BCUT2D eigenvalue weighted by Crippen LogP contribution is 2.34. The van der Waals surface area contributed by atoms with E-state index in [1.807, 2.05) is 0 Å². The lowest BCUT2D eigenvalue weighted by Crippen LogP contribution is -2.27. The lowest BCUT2D eigenvalue weighted by molar-refractivity contribution is 0.576. The summed E-state index contributed by atoms with van der Waals surface area (Å²) in [6, 6.07) is 3.10. The first-order valence-electron chi connectivity index (χ1n) is 5.27. The molecule has 2 rings (SSSR count). The highest BCUT2D eigenvalue weighted by atomic mass is 32.2. The van der Waals surface area contributed by atoms with Gasteiger partial charge in [0.05, 0.1) is 0 Å². The van der Waals surface area contributed by atoms with E-state index in [-0.39, 0.29) is 16.8 Å². The van der Waals surface area contributed by atoms with Gasteiger partial charge in [0.1, 0.15) is 10.7 Å². The molecule has 1 aliphatic rings.